The van der Waals surface area contributed by atoms with Crippen LogP contribution in [-0.2, 0) is 9.59 Å². The second-order valence-electron chi connectivity index (χ2n) is 5.78. The molecule has 1 fully saturated rings. The van der Waals surface area contributed by atoms with Crippen molar-refractivity contribution in [3.8, 4) is 0 Å². The van der Waals surface area contributed by atoms with Crippen molar-refractivity contribution >= 4 is 11.8 Å². The van der Waals surface area contributed by atoms with Gasteiger partial charge in [0, 0.05) is 19.5 Å². The minimum absolute atomic E-state index is 0.0196. The molecule has 1 rings (SSSR count). The predicted octanol–water partition coefficient (Wildman–Crippen LogP) is 1.27. The molecule has 20 heavy (non-hydrogen) atoms. The average Bonchev–Trinajstić information content (AvgIpc) is 2.47. The predicted molar refractivity (Wildman–Crippen MR) is 80.1 cm³/mol. The van der Waals surface area contributed by atoms with Gasteiger partial charge in [0.15, 0.2) is 0 Å². The number of hydrogen-bond donors (Lipinski definition) is 2. The van der Waals surface area contributed by atoms with Gasteiger partial charge in [-0.3, -0.25) is 9.59 Å². The average molecular weight is 283 g/mol. The lowest BCUT2D eigenvalue weighted by Gasteiger charge is -2.35. The smallest absolute Gasteiger partial charge is 0.241 e. The summed E-state index contributed by atoms with van der Waals surface area (Å²) in [6.07, 6.45) is 6.06. The summed E-state index contributed by atoms with van der Waals surface area (Å²) < 4.78 is 0. The van der Waals surface area contributed by atoms with E-state index in [4.69, 9.17) is 5.73 Å². The van der Waals surface area contributed by atoms with Crippen molar-refractivity contribution in [3.63, 3.8) is 0 Å². The highest BCUT2D eigenvalue weighted by Crippen LogP contribution is 2.38. The van der Waals surface area contributed by atoms with Gasteiger partial charge in [-0.25, -0.2) is 0 Å². The highest BCUT2D eigenvalue weighted by atomic mass is 16.2. The maximum atomic E-state index is 12.0. The topological polar surface area (TPSA) is 75.4 Å². The fourth-order valence-corrected chi connectivity index (χ4v) is 3.02. The Balaban J connectivity index is 2.40. The van der Waals surface area contributed by atoms with Crippen LogP contribution in [0.3, 0.4) is 0 Å². The first kappa shape index (κ1) is 17.0. The van der Waals surface area contributed by atoms with Crippen LogP contribution in [0.15, 0.2) is 0 Å². The van der Waals surface area contributed by atoms with Gasteiger partial charge in [0.25, 0.3) is 0 Å². The Bertz CT molecular complexity index is 321. The molecule has 0 aromatic rings. The molecule has 0 saturated heterocycles. The van der Waals surface area contributed by atoms with Crippen LogP contribution < -0.4 is 11.1 Å². The lowest BCUT2D eigenvalue weighted by Crippen LogP contribution is -2.43. The first-order valence-electron chi connectivity index (χ1n) is 7.81. The molecule has 1 aliphatic rings. The molecule has 0 aliphatic heterocycles. The monoisotopic (exact) mass is 283 g/mol. The summed E-state index contributed by atoms with van der Waals surface area (Å²) in [5.41, 5.74) is 5.84. The number of nitrogens with two attached hydrogens (primary N) is 1. The molecule has 0 spiro atoms. The van der Waals surface area contributed by atoms with Gasteiger partial charge in [0.05, 0.1) is 6.54 Å². The first-order chi connectivity index (χ1) is 9.56. The lowest BCUT2D eigenvalue weighted by atomic mass is 9.71. The molecule has 0 unspecified atom stereocenters. The van der Waals surface area contributed by atoms with Crippen molar-refractivity contribution < 1.29 is 9.59 Å². The molecule has 5 nitrogen and oxygen atoms in total. The largest absolute Gasteiger partial charge is 0.347 e. The van der Waals surface area contributed by atoms with Gasteiger partial charge in [0.1, 0.15) is 0 Å². The highest BCUT2D eigenvalue weighted by molar-refractivity contribution is 5.85. The SMILES string of the molecule is CCN(CC)C(=O)CNC(=O)CC1(CN)CCCCC1. The zero-order valence-corrected chi connectivity index (χ0v) is 12.9. The first-order valence-corrected chi connectivity index (χ1v) is 7.81. The second-order valence-corrected chi connectivity index (χ2v) is 5.78. The van der Waals surface area contributed by atoms with E-state index in [2.05, 4.69) is 5.32 Å². The fourth-order valence-electron chi connectivity index (χ4n) is 3.02. The quantitative estimate of drug-likeness (QED) is 0.739. The van der Waals surface area contributed by atoms with Crippen molar-refractivity contribution in [1.82, 2.24) is 10.2 Å². The zero-order valence-electron chi connectivity index (χ0n) is 12.9. The van der Waals surface area contributed by atoms with E-state index in [1.807, 2.05) is 13.8 Å². The Morgan fingerprint density at radius 3 is 2.25 bits per heavy atom. The standard InChI is InChI=1S/C15H29N3O2/c1-3-18(4-2)14(20)11-17-13(19)10-15(12-16)8-6-5-7-9-15/h3-12,16H2,1-2H3,(H,17,19). The zero-order chi connectivity index (χ0) is 15.0. The molecule has 3 N–H and O–H groups in total. The van der Waals surface area contributed by atoms with E-state index in [0.29, 0.717) is 26.1 Å². The molecule has 0 atom stereocenters. The van der Waals surface area contributed by atoms with Crippen molar-refractivity contribution in [2.45, 2.75) is 52.4 Å². The van der Waals surface area contributed by atoms with E-state index in [9.17, 15) is 9.59 Å². The minimum Gasteiger partial charge on any atom is -0.347 e. The third-order valence-corrected chi connectivity index (χ3v) is 4.44. The second kappa shape index (κ2) is 8.25. The third-order valence-electron chi connectivity index (χ3n) is 4.44. The number of rotatable bonds is 7. The maximum Gasteiger partial charge on any atom is 0.241 e. The minimum atomic E-state index is -0.0437. The van der Waals surface area contributed by atoms with E-state index in [1.165, 1.54) is 6.42 Å². The van der Waals surface area contributed by atoms with Crippen LogP contribution >= 0.6 is 0 Å². The number of nitrogens with zero attached hydrogens (tertiary/aromatic N) is 1. The Kier molecular flexibility index (Phi) is 6.99. The van der Waals surface area contributed by atoms with Crippen LogP contribution in [-0.4, -0.2) is 42.9 Å². The van der Waals surface area contributed by atoms with E-state index < -0.39 is 0 Å². The Morgan fingerprint density at radius 2 is 1.75 bits per heavy atom. The van der Waals surface area contributed by atoms with Crippen LogP contribution in [0, 0.1) is 5.41 Å². The Hall–Kier alpha value is -1.10. The lowest BCUT2D eigenvalue weighted by molar-refractivity contribution is -0.133. The van der Waals surface area contributed by atoms with Gasteiger partial charge in [-0.1, -0.05) is 19.3 Å². The summed E-state index contributed by atoms with van der Waals surface area (Å²) >= 11 is 0. The van der Waals surface area contributed by atoms with Gasteiger partial charge in [-0.15, -0.1) is 0 Å². The molecule has 0 heterocycles. The number of likely N-dealkylation sites (N-methyl/N-ethyl adjacent to an activating group) is 1. The van der Waals surface area contributed by atoms with Crippen LogP contribution in [0.5, 0.6) is 0 Å². The van der Waals surface area contributed by atoms with Crippen molar-refractivity contribution in [2.24, 2.45) is 11.1 Å². The van der Waals surface area contributed by atoms with E-state index in [0.717, 1.165) is 25.7 Å². The summed E-state index contributed by atoms with van der Waals surface area (Å²) in [5.74, 6) is -0.0633. The van der Waals surface area contributed by atoms with Crippen LogP contribution in [0.2, 0.25) is 0 Å². The van der Waals surface area contributed by atoms with Crippen molar-refractivity contribution in [1.29, 1.82) is 0 Å². The van der Waals surface area contributed by atoms with E-state index in [1.54, 1.807) is 4.90 Å². The third kappa shape index (κ3) is 4.78. The molecule has 1 saturated carbocycles. The van der Waals surface area contributed by atoms with E-state index in [-0.39, 0.29) is 23.8 Å². The Morgan fingerprint density at radius 1 is 1.15 bits per heavy atom. The molecule has 0 aromatic heterocycles. The molecule has 0 bridgehead atoms. The molecular formula is C15H29N3O2. The highest BCUT2D eigenvalue weighted by Gasteiger charge is 2.33. The molecular weight excluding hydrogens is 254 g/mol. The van der Waals surface area contributed by atoms with Crippen LogP contribution in [0.1, 0.15) is 52.4 Å². The molecule has 116 valence electrons. The summed E-state index contributed by atoms with van der Waals surface area (Å²) in [6.45, 7) is 5.89. The van der Waals surface area contributed by atoms with Crippen LogP contribution in [0.25, 0.3) is 0 Å². The number of nitrogens with one attached hydrogen (secondary N) is 1. The molecule has 5 heteroatoms. The molecule has 0 aromatic carbocycles. The molecule has 2 amide bonds. The summed E-state index contributed by atoms with van der Waals surface area (Å²) in [5, 5.41) is 2.75. The number of carbonyl (C=O) groups is 2. The Labute approximate surface area is 122 Å². The number of hydrogen-bond acceptors (Lipinski definition) is 3. The number of carbonyl (C=O) groups excluding carboxylic acids is 2. The van der Waals surface area contributed by atoms with Gasteiger partial charge < -0.3 is 16.0 Å². The maximum absolute atomic E-state index is 12.0. The van der Waals surface area contributed by atoms with Gasteiger partial charge in [-0.05, 0) is 38.6 Å². The van der Waals surface area contributed by atoms with Crippen molar-refractivity contribution in [3.05, 3.63) is 0 Å². The van der Waals surface area contributed by atoms with Crippen molar-refractivity contribution in [2.75, 3.05) is 26.2 Å². The summed E-state index contributed by atoms with van der Waals surface area (Å²) in [4.78, 5) is 25.6. The van der Waals surface area contributed by atoms with Crippen LogP contribution in [0.4, 0.5) is 0 Å². The van der Waals surface area contributed by atoms with Gasteiger partial charge in [-0.2, -0.15) is 0 Å². The summed E-state index contributed by atoms with van der Waals surface area (Å²) in [6, 6.07) is 0. The van der Waals surface area contributed by atoms with E-state index >= 15 is 0 Å². The molecule has 1 aliphatic carbocycles. The summed E-state index contributed by atoms with van der Waals surface area (Å²) in [7, 11) is 0. The van der Waals surface area contributed by atoms with Gasteiger partial charge >= 0.3 is 0 Å². The number of amides is 2. The van der Waals surface area contributed by atoms with Gasteiger partial charge in [0.2, 0.25) is 11.8 Å². The normalized spacial score (nSPS) is 17.6. The fraction of sp³-hybridized carbons (Fsp3) is 0.867. The molecule has 0 radical (unpaired) electrons.